The molecule has 1 heterocycles. The maximum absolute atomic E-state index is 12.1. The maximum atomic E-state index is 12.1. The summed E-state index contributed by atoms with van der Waals surface area (Å²) in [5.41, 5.74) is 4.79. The van der Waals surface area contributed by atoms with Crippen LogP contribution < -0.4 is 10.6 Å². The van der Waals surface area contributed by atoms with Crippen molar-refractivity contribution in [1.82, 2.24) is 4.98 Å². The summed E-state index contributed by atoms with van der Waals surface area (Å²) < 4.78 is 0. The van der Waals surface area contributed by atoms with Crippen LogP contribution in [0.25, 0.3) is 0 Å². The van der Waals surface area contributed by atoms with Crippen LogP contribution in [0.4, 0.5) is 11.4 Å². The van der Waals surface area contributed by atoms with Crippen molar-refractivity contribution >= 4 is 17.3 Å². The molecule has 2 aromatic carbocycles. The third-order valence-corrected chi connectivity index (χ3v) is 3.68. The molecule has 0 unspecified atom stereocenters. The molecular weight excluding hydrogens is 298 g/mol. The number of aromatic nitrogens is 1. The number of amides is 1. The lowest BCUT2D eigenvalue weighted by Crippen LogP contribution is -2.11. The van der Waals surface area contributed by atoms with Crippen molar-refractivity contribution in [2.45, 2.75) is 13.5 Å². The van der Waals surface area contributed by atoms with E-state index in [0.717, 1.165) is 17.9 Å². The third-order valence-electron chi connectivity index (χ3n) is 3.68. The van der Waals surface area contributed by atoms with Crippen LogP contribution in [0.15, 0.2) is 73.1 Å². The quantitative estimate of drug-likeness (QED) is 0.739. The number of carbonyl (C=O) groups excluding carboxylic acids is 1. The average molecular weight is 317 g/mol. The van der Waals surface area contributed by atoms with Gasteiger partial charge in [-0.3, -0.25) is 9.78 Å². The Morgan fingerprint density at radius 1 is 0.958 bits per heavy atom. The van der Waals surface area contributed by atoms with Crippen LogP contribution in [0.5, 0.6) is 0 Å². The zero-order chi connectivity index (χ0) is 16.8. The molecule has 4 nitrogen and oxygen atoms in total. The zero-order valence-electron chi connectivity index (χ0n) is 13.5. The van der Waals surface area contributed by atoms with E-state index < -0.39 is 0 Å². The fourth-order valence-electron chi connectivity index (χ4n) is 2.28. The Morgan fingerprint density at radius 3 is 2.33 bits per heavy atom. The fourth-order valence-corrected chi connectivity index (χ4v) is 2.28. The minimum atomic E-state index is -0.163. The second-order valence-electron chi connectivity index (χ2n) is 5.61. The molecule has 0 saturated heterocycles. The highest BCUT2D eigenvalue weighted by molar-refractivity contribution is 6.04. The summed E-state index contributed by atoms with van der Waals surface area (Å²) >= 11 is 0. The Labute approximate surface area is 141 Å². The number of pyridine rings is 1. The van der Waals surface area contributed by atoms with Gasteiger partial charge in [0, 0.05) is 30.3 Å². The molecule has 0 radical (unpaired) electrons. The Hall–Kier alpha value is -3.14. The first-order valence-corrected chi connectivity index (χ1v) is 7.81. The van der Waals surface area contributed by atoms with Gasteiger partial charge in [-0.2, -0.15) is 0 Å². The number of hydrogen-bond donors (Lipinski definition) is 2. The molecule has 1 aromatic heterocycles. The van der Waals surface area contributed by atoms with Gasteiger partial charge in [-0.05, 0) is 48.9 Å². The van der Waals surface area contributed by atoms with Crippen molar-refractivity contribution in [3.63, 3.8) is 0 Å². The van der Waals surface area contributed by atoms with Gasteiger partial charge in [0.05, 0.1) is 5.56 Å². The van der Waals surface area contributed by atoms with Crippen molar-refractivity contribution in [3.8, 4) is 0 Å². The van der Waals surface area contributed by atoms with Gasteiger partial charge in [0.25, 0.3) is 5.91 Å². The van der Waals surface area contributed by atoms with Gasteiger partial charge >= 0.3 is 0 Å². The van der Waals surface area contributed by atoms with Gasteiger partial charge in [0.15, 0.2) is 0 Å². The SMILES string of the molecule is Cc1ccc(CNc2ccc(NC(=O)c3cccnc3)cc2)cc1. The number of anilines is 2. The summed E-state index contributed by atoms with van der Waals surface area (Å²) in [6.07, 6.45) is 3.19. The Morgan fingerprint density at radius 2 is 1.67 bits per heavy atom. The summed E-state index contributed by atoms with van der Waals surface area (Å²) in [5.74, 6) is -0.163. The van der Waals surface area contributed by atoms with Crippen LogP contribution in [0, 0.1) is 6.92 Å². The van der Waals surface area contributed by atoms with Gasteiger partial charge in [-0.1, -0.05) is 29.8 Å². The molecule has 0 fully saturated rings. The second-order valence-corrected chi connectivity index (χ2v) is 5.61. The van der Waals surface area contributed by atoms with Gasteiger partial charge in [0.1, 0.15) is 0 Å². The van der Waals surface area contributed by atoms with Crippen molar-refractivity contribution in [1.29, 1.82) is 0 Å². The first kappa shape index (κ1) is 15.7. The van der Waals surface area contributed by atoms with Gasteiger partial charge in [0.2, 0.25) is 0 Å². The topological polar surface area (TPSA) is 54.0 Å². The Balaban J connectivity index is 1.57. The molecule has 2 N–H and O–H groups in total. The normalized spacial score (nSPS) is 10.2. The summed E-state index contributed by atoms with van der Waals surface area (Å²) in [6, 6.07) is 19.6. The van der Waals surface area contributed by atoms with Crippen LogP contribution in [0.2, 0.25) is 0 Å². The molecule has 24 heavy (non-hydrogen) atoms. The summed E-state index contributed by atoms with van der Waals surface area (Å²) in [6.45, 7) is 2.84. The first-order valence-electron chi connectivity index (χ1n) is 7.81. The number of carbonyl (C=O) groups is 1. The number of benzene rings is 2. The maximum Gasteiger partial charge on any atom is 0.257 e. The smallest absolute Gasteiger partial charge is 0.257 e. The molecule has 0 aliphatic carbocycles. The lowest BCUT2D eigenvalue weighted by atomic mass is 10.1. The van der Waals surface area contributed by atoms with E-state index in [4.69, 9.17) is 0 Å². The molecule has 4 heteroatoms. The lowest BCUT2D eigenvalue weighted by Gasteiger charge is -2.09. The first-order chi connectivity index (χ1) is 11.7. The van der Waals surface area contributed by atoms with Crippen molar-refractivity contribution in [2.75, 3.05) is 10.6 Å². The van der Waals surface area contributed by atoms with Crippen LogP contribution in [-0.2, 0) is 6.54 Å². The van der Waals surface area contributed by atoms with Crippen molar-refractivity contribution in [3.05, 3.63) is 89.7 Å². The van der Waals surface area contributed by atoms with Crippen LogP contribution in [-0.4, -0.2) is 10.9 Å². The van der Waals surface area contributed by atoms with Crippen LogP contribution >= 0.6 is 0 Å². The summed E-state index contributed by atoms with van der Waals surface area (Å²) in [5, 5.41) is 6.23. The fraction of sp³-hybridized carbons (Fsp3) is 0.100. The Bertz CT molecular complexity index is 797. The molecule has 0 atom stereocenters. The number of nitrogens with one attached hydrogen (secondary N) is 2. The number of aryl methyl sites for hydroxylation is 1. The van der Waals surface area contributed by atoms with E-state index in [0.29, 0.717) is 5.56 Å². The molecule has 1 amide bonds. The van der Waals surface area contributed by atoms with Gasteiger partial charge < -0.3 is 10.6 Å². The highest BCUT2D eigenvalue weighted by Gasteiger charge is 2.05. The predicted octanol–water partition coefficient (Wildman–Crippen LogP) is 4.25. The number of hydrogen-bond acceptors (Lipinski definition) is 3. The zero-order valence-corrected chi connectivity index (χ0v) is 13.5. The van der Waals surface area contributed by atoms with E-state index in [1.807, 2.05) is 24.3 Å². The number of nitrogens with zero attached hydrogens (tertiary/aromatic N) is 1. The standard InChI is InChI=1S/C20H19N3O/c1-15-4-6-16(7-5-15)13-22-18-8-10-19(11-9-18)23-20(24)17-3-2-12-21-14-17/h2-12,14,22H,13H2,1H3,(H,23,24). The van der Waals surface area contributed by atoms with E-state index >= 15 is 0 Å². The molecular formula is C20H19N3O. The molecule has 0 spiro atoms. The van der Waals surface area contributed by atoms with Crippen molar-refractivity contribution in [2.24, 2.45) is 0 Å². The van der Waals surface area contributed by atoms with E-state index in [2.05, 4.69) is 46.8 Å². The monoisotopic (exact) mass is 317 g/mol. The third kappa shape index (κ3) is 4.20. The molecule has 0 aliphatic rings. The summed E-state index contributed by atoms with van der Waals surface area (Å²) in [7, 11) is 0. The molecule has 120 valence electrons. The second kappa shape index (κ2) is 7.42. The molecule has 0 aliphatic heterocycles. The average Bonchev–Trinajstić information content (AvgIpc) is 2.63. The predicted molar refractivity (Wildman–Crippen MR) is 97.1 cm³/mol. The molecule has 0 bridgehead atoms. The Kier molecular flexibility index (Phi) is 4.87. The molecule has 0 saturated carbocycles. The summed E-state index contributed by atoms with van der Waals surface area (Å²) in [4.78, 5) is 16.0. The molecule has 3 rings (SSSR count). The van der Waals surface area contributed by atoms with E-state index in [-0.39, 0.29) is 5.91 Å². The van der Waals surface area contributed by atoms with Crippen LogP contribution in [0.3, 0.4) is 0 Å². The largest absolute Gasteiger partial charge is 0.381 e. The minimum absolute atomic E-state index is 0.163. The molecule has 3 aromatic rings. The van der Waals surface area contributed by atoms with Gasteiger partial charge in [-0.15, -0.1) is 0 Å². The van der Waals surface area contributed by atoms with E-state index in [1.165, 1.54) is 11.1 Å². The van der Waals surface area contributed by atoms with Gasteiger partial charge in [-0.25, -0.2) is 0 Å². The van der Waals surface area contributed by atoms with Crippen LogP contribution in [0.1, 0.15) is 21.5 Å². The minimum Gasteiger partial charge on any atom is -0.381 e. The highest BCUT2D eigenvalue weighted by Crippen LogP contribution is 2.15. The van der Waals surface area contributed by atoms with E-state index in [9.17, 15) is 4.79 Å². The number of rotatable bonds is 5. The lowest BCUT2D eigenvalue weighted by molar-refractivity contribution is 0.102. The van der Waals surface area contributed by atoms with E-state index in [1.54, 1.807) is 24.5 Å². The highest BCUT2D eigenvalue weighted by atomic mass is 16.1. The van der Waals surface area contributed by atoms with Crippen molar-refractivity contribution < 1.29 is 4.79 Å².